The Kier molecular flexibility index (Phi) is 7.45. The number of nitrogens with one attached hydrogen (secondary N) is 2. The van der Waals surface area contributed by atoms with Crippen molar-refractivity contribution >= 4 is 28.4 Å². The molecule has 0 saturated heterocycles. The number of phenolic OH excluding ortho intramolecular Hbond substituents is 1. The molecule has 0 aliphatic rings. The number of carbonyl (C=O) groups is 1. The first-order valence-electron chi connectivity index (χ1n) is 12.1. The van der Waals surface area contributed by atoms with Crippen LogP contribution in [0.3, 0.4) is 0 Å². The molecule has 3 N–H and O–H groups in total. The number of amides is 1. The summed E-state index contributed by atoms with van der Waals surface area (Å²) in [6.07, 6.45) is 1.61. The van der Waals surface area contributed by atoms with Crippen LogP contribution in [0.15, 0.2) is 109 Å². The van der Waals surface area contributed by atoms with Gasteiger partial charge in [0.1, 0.15) is 11.3 Å². The van der Waals surface area contributed by atoms with Crippen LogP contribution in [0.1, 0.15) is 22.7 Å². The highest BCUT2D eigenvalue weighted by Crippen LogP contribution is 2.38. The Morgan fingerprint density at radius 3 is 2.27 bits per heavy atom. The van der Waals surface area contributed by atoms with Gasteiger partial charge in [0.25, 0.3) is 0 Å². The summed E-state index contributed by atoms with van der Waals surface area (Å²) >= 11 is 6.53. The number of aromatic hydroxyl groups is 1. The van der Waals surface area contributed by atoms with E-state index in [1.54, 1.807) is 24.4 Å². The molecule has 1 atom stereocenters. The summed E-state index contributed by atoms with van der Waals surface area (Å²) in [7, 11) is 0. The first-order valence-corrected chi connectivity index (χ1v) is 12.4. The predicted octanol–water partition coefficient (Wildman–Crippen LogP) is 6.26. The van der Waals surface area contributed by atoms with Gasteiger partial charge < -0.3 is 15.7 Å². The number of fused-ring (bicyclic) bond motifs is 1. The highest BCUT2D eigenvalue weighted by atomic mass is 35.5. The zero-order chi connectivity index (χ0) is 25.6. The number of hydrogen-bond acceptors (Lipinski definition) is 4. The lowest BCUT2D eigenvalue weighted by atomic mass is 9.96. The highest BCUT2D eigenvalue weighted by Gasteiger charge is 2.23. The number of aromatic nitrogens is 1. The Morgan fingerprint density at radius 2 is 1.54 bits per heavy atom. The fraction of sp³-hybridized carbons (Fsp3) is 0.0968. The van der Waals surface area contributed by atoms with Crippen molar-refractivity contribution in [3.05, 3.63) is 131 Å². The first-order chi connectivity index (χ1) is 18.1. The molecule has 6 heteroatoms. The zero-order valence-electron chi connectivity index (χ0n) is 20.1. The third kappa shape index (κ3) is 5.64. The third-order valence-electron chi connectivity index (χ3n) is 6.27. The summed E-state index contributed by atoms with van der Waals surface area (Å²) in [4.78, 5) is 17.3. The van der Waals surface area contributed by atoms with Gasteiger partial charge in [-0.25, -0.2) is 0 Å². The molecule has 184 valence electrons. The fourth-order valence-electron chi connectivity index (χ4n) is 4.39. The number of rotatable bonds is 8. The Hall–Kier alpha value is -4.19. The Balaban J connectivity index is 1.29. The van der Waals surface area contributed by atoms with Crippen molar-refractivity contribution in [3.8, 4) is 16.9 Å². The van der Waals surface area contributed by atoms with Gasteiger partial charge >= 0.3 is 0 Å². The number of nitrogens with zero attached hydrogens (tertiary/aromatic N) is 1. The molecule has 0 bridgehead atoms. The maximum atomic E-state index is 13.0. The molecule has 0 fully saturated rings. The van der Waals surface area contributed by atoms with Crippen LogP contribution in [-0.2, 0) is 11.3 Å². The zero-order valence-corrected chi connectivity index (χ0v) is 20.8. The molecule has 5 nitrogen and oxygen atoms in total. The highest BCUT2D eigenvalue weighted by molar-refractivity contribution is 6.35. The predicted molar refractivity (Wildman–Crippen MR) is 148 cm³/mol. The Labute approximate surface area is 220 Å². The number of halogens is 1. The van der Waals surface area contributed by atoms with Gasteiger partial charge in [-0.15, -0.1) is 0 Å². The van der Waals surface area contributed by atoms with Gasteiger partial charge in [-0.05, 0) is 40.5 Å². The van der Waals surface area contributed by atoms with Crippen LogP contribution in [0.4, 0.5) is 0 Å². The summed E-state index contributed by atoms with van der Waals surface area (Å²) in [6.45, 7) is 0.666. The lowest BCUT2D eigenvalue weighted by Crippen LogP contribution is -2.36. The van der Waals surface area contributed by atoms with Gasteiger partial charge in [0.05, 0.1) is 17.6 Å². The molecular weight excluding hydrogens is 482 g/mol. The quantitative estimate of drug-likeness (QED) is 0.232. The molecule has 0 spiro atoms. The molecule has 0 saturated carbocycles. The molecule has 1 unspecified atom stereocenters. The second kappa shape index (κ2) is 11.2. The van der Waals surface area contributed by atoms with E-state index in [-0.39, 0.29) is 18.2 Å². The second-order valence-electron chi connectivity index (χ2n) is 8.77. The van der Waals surface area contributed by atoms with Crippen LogP contribution < -0.4 is 10.6 Å². The maximum Gasteiger partial charge on any atom is 0.234 e. The molecule has 5 rings (SSSR count). The number of hydrogen-bond donors (Lipinski definition) is 3. The number of phenols is 1. The molecule has 37 heavy (non-hydrogen) atoms. The number of pyridine rings is 1. The van der Waals surface area contributed by atoms with E-state index >= 15 is 0 Å². The van der Waals surface area contributed by atoms with Crippen LogP contribution in [0.2, 0.25) is 5.02 Å². The summed E-state index contributed by atoms with van der Waals surface area (Å²) in [5.74, 6) is -0.202. The van der Waals surface area contributed by atoms with Gasteiger partial charge in [0.15, 0.2) is 0 Å². The minimum Gasteiger partial charge on any atom is -0.505 e. The van der Waals surface area contributed by atoms with Gasteiger partial charge in [0.2, 0.25) is 5.91 Å². The average molecular weight is 508 g/mol. The van der Waals surface area contributed by atoms with Crippen LogP contribution >= 0.6 is 11.6 Å². The van der Waals surface area contributed by atoms with Crippen molar-refractivity contribution < 1.29 is 9.90 Å². The van der Waals surface area contributed by atoms with E-state index < -0.39 is 6.04 Å². The Morgan fingerprint density at radius 1 is 0.865 bits per heavy atom. The van der Waals surface area contributed by atoms with Gasteiger partial charge in [-0.1, -0.05) is 96.5 Å². The van der Waals surface area contributed by atoms with E-state index in [0.29, 0.717) is 28.0 Å². The summed E-state index contributed by atoms with van der Waals surface area (Å²) < 4.78 is 0. The molecule has 0 radical (unpaired) electrons. The van der Waals surface area contributed by atoms with Crippen LogP contribution in [0, 0.1) is 0 Å². The molecule has 1 aromatic heterocycles. The van der Waals surface area contributed by atoms with E-state index in [2.05, 4.69) is 52.0 Å². The third-order valence-corrected chi connectivity index (χ3v) is 6.58. The molecule has 0 aliphatic heterocycles. The van der Waals surface area contributed by atoms with Crippen molar-refractivity contribution in [1.82, 2.24) is 15.6 Å². The van der Waals surface area contributed by atoms with Crippen molar-refractivity contribution in [3.63, 3.8) is 0 Å². The average Bonchev–Trinajstić information content (AvgIpc) is 2.95. The van der Waals surface area contributed by atoms with Crippen molar-refractivity contribution in [2.75, 3.05) is 6.54 Å². The normalized spacial score (nSPS) is 11.8. The lowest BCUT2D eigenvalue weighted by molar-refractivity contribution is -0.120. The standard InChI is InChI=1S/C31H26ClN3O2/c32-27-18-26(31(37)30-25(27)12-7-17-34-30)29(24-10-5-2-6-11-24)35-28(36)20-33-19-21-13-15-23(16-14-21)22-8-3-1-4-9-22/h1-18,29,33,37H,19-20H2,(H,35,36). The topological polar surface area (TPSA) is 74.2 Å². The van der Waals surface area contributed by atoms with Crippen molar-refractivity contribution in [2.24, 2.45) is 0 Å². The SMILES string of the molecule is O=C(CNCc1ccc(-c2ccccc2)cc1)NC(c1ccccc1)c1cc(Cl)c2cccnc2c1O. The van der Waals surface area contributed by atoms with E-state index in [0.717, 1.165) is 16.7 Å². The van der Waals surface area contributed by atoms with E-state index in [4.69, 9.17) is 11.6 Å². The van der Waals surface area contributed by atoms with Gasteiger partial charge in [0, 0.05) is 23.7 Å². The van der Waals surface area contributed by atoms with Gasteiger partial charge in [-0.2, -0.15) is 0 Å². The molecule has 0 aliphatic carbocycles. The van der Waals surface area contributed by atoms with Crippen molar-refractivity contribution in [1.29, 1.82) is 0 Å². The van der Waals surface area contributed by atoms with Crippen molar-refractivity contribution in [2.45, 2.75) is 12.6 Å². The van der Waals surface area contributed by atoms with Crippen LogP contribution in [0.25, 0.3) is 22.0 Å². The Bertz CT molecular complexity index is 1510. The maximum absolute atomic E-state index is 13.0. The van der Waals surface area contributed by atoms with E-state index in [9.17, 15) is 9.90 Å². The molecule has 1 heterocycles. The first kappa shape index (κ1) is 24.5. The minimum atomic E-state index is -0.593. The smallest absolute Gasteiger partial charge is 0.234 e. The number of carbonyl (C=O) groups excluding carboxylic acids is 1. The minimum absolute atomic E-state index is 0.000572. The number of benzene rings is 4. The van der Waals surface area contributed by atoms with Gasteiger partial charge in [-0.3, -0.25) is 9.78 Å². The van der Waals surface area contributed by atoms with E-state index in [1.165, 1.54) is 5.56 Å². The second-order valence-corrected chi connectivity index (χ2v) is 9.18. The largest absolute Gasteiger partial charge is 0.505 e. The molecule has 4 aromatic carbocycles. The molecular formula is C31H26ClN3O2. The monoisotopic (exact) mass is 507 g/mol. The van der Waals surface area contributed by atoms with Crippen LogP contribution in [0.5, 0.6) is 5.75 Å². The van der Waals surface area contributed by atoms with Crippen LogP contribution in [-0.4, -0.2) is 22.5 Å². The summed E-state index contributed by atoms with van der Waals surface area (Å²) in [6, 6.07) is 32.7. The molecule has 5 aromatic rings. The lowest BCUT2D eigenvalue weighted by Gasteiger charge is -2.22. The summed E-state index contributed by atoms with van der Waals surface area (Å²) in [5, 5.41) is 18.4. The van der Waals surface area contributed by atoms with E-state index in [1.807, 2.05) is 48.5 Å². The summed E-state index contributed by atoms with van der Waals surface area (Å²) in [5.41, 5.74) is 5.12. The fourth-order valence-corrected chi connectivity index (χ4v) is 4.66. The molecule has 1 amide bonds.